The van der Waals surface area contributed by atoms with E-state index in [4.69, 9.17) is 0 Å². The highest BCUT2D eigenvalue weighted by molar-refractivity contribution is 7.33. The van der Waals surface area contributed by atoms with E-state index in [2.05, 4.69) is 182 Å². The van der Waals surface area contributed by atoms with Crippen molar-refractivity contribution in [2.75, 3.05) is 9.80 Å². The van der Waals surface area contributed by atoms with E-state index in [1.165, 1.54) is 128 Å². The van der Waals surface area contributed by atoms with E-state index in [9.17, 15) is 0 Å². The Bertz CT molecular complexity index is 2770. The van der Waals surface area contributed by atoms with Crippen LogP contribution in [0.5, 0.6) is 0 Å². The smallest absolute Gasteiger partial charge is 0.264 e. The number of fused-ring (bicyclic) bond motifs is 7. The summed E-state index contributed by atoms with van der Waals surface area (Å²) in [4.78, 5) is 5.28. The number of nitrogens with zero attached hydrogens (tertiary/aromatic N) is 2. The molecule has 6 aromatic carbocycles. The first-order valence-corrected chi connectivity index (χ1v) is 21.2. The van der Waals surface area contributed by atoms with Crippen molar-refractivity contribution in [2.24, 2.45) is 0 Å². The van der Waals surface area contributed by atoms with E-state index < -0.39 is 0 Å². The molecule has 10 rings (SSSR count). The molecular weight excluding hydrogens is 695 g/mol. The zero-order chi connectivity index (χ0) is 39.0. The topological polar surface area (TPSA) is 6.48 Å². The Hall–Kier alpha value is -5.06. The maximum atomic E-state index is 2.67. The van der Waals surface area contributed by atoms with Gasteiger partial charge in [0.1, 0.15) is 0 Å². The normalized spacial score (nSPS) is 16.1. The largest absolute Gasteiger partial charge is 0.311 e. The number of aryl methyl sites for hydroxylation is 6. The second kappa shape index (κ2) is 12.2. The van der Waals surface area contributed by atoms with Gasteiger partial charge in [0.15, 0.2) is 0 Å². The van der Waals surface area contributed by atoms with Crippen LogP contribution >= 0.6 is 11.3 Å². The van der Waals surface area contributed by atoms with Gasteiger partial charge in [-0.05, 0) is 186 Å². The third-order valence-corrected chi connectivity index (χ3v) is 14.6. The molecule has 0 fully saturated rings. The van der Waals surface area contributed by atoms with E-state index in [0.29, 0.717) is 0 Å². The molecular formula is C52H51BN2S. The van der Waals surface area contributed by atoms with Crippen LogP contribution in [0.1, 0.15) is 85.0 Å². The standard InChI is InChI=1S/C52H51BN2S/c1-30-20-31(2)22-38(21-30)54-45-23-32(3)24-46-48(45)53(50-49(54)39-26-33(4)34(5)27-47(39)56-50)42-28-40-41(52(9,10)19-18-51(40,7)8)29-44(42)55(46)43-17-16-37(25-35(43)6)36-14-12-11-13-15-36/h11-17,20-29H,18-19H2,1-10H3. The quantitative estimate of drug-likeness (QED) is 0.166. The average molecular weight is 747 g/mol. The first-order valence-electron chi connectivity index (χ1n) is 20.4. The molecule has 1 aromatic heterocycles. The van der Waals surface area contributed by atoms with Gasteiger partial charge in [-0.2, -0.15) is 0 Å². The summed E-state index contributed by atoms with van der Waals surface area (Å²) in [6.45, 7) is 23.6. The van der Waals surface area contributed by atoms with Gasteiger partial charge in [-0.3, -0.25) is 0 Å². The molecule has 0 saturated heterocycles. The molecule has 0 unspecified atom stereocenters. The fraction of sp³-hybridized carbons (Fsp3) is 0.269. The number of thiophene rings is 1. The maximum absolute atomic E-state index is 2.67. The Morgan fingerprint density at radius 3 is 1.84 bits per heavy atom. The summed E-state index contributed by atoms with van der Waals surface area (Å²) in [5.74, 6) is 0. The van der Waals surface area contributed by atoms with Crippen molar-refractivity contribution in [2.45, 2.75) is 92.9 Å². The van der Waals surface area contributed by atoms with Crippen LogP contribution in [0.25, 0.3) is 21.2 Å². The lowest BCUT2D eigenvalue weighted by Crippen LogP contribution is -2.61. The first kappa shape index (κ1) is 35.4. The number of hydrogen-bond acceptors (Lipinski definition) is 3. The lowest BCUT2D eigenvalue weighted by molar-refractivity contribution is 0.332. The van der Waals surface area contributed by atoms with Gasteiger partial charge in [0.05, 0.1) is 5.69 Å². The van der Waals surface area contributed by atoms with Gasteiger partial charge in [-0.15, -0.1) is 11.3 Å². The van der Waals surface area contributed by atoms with Crippen LogP contribution in [0.2, 0.25) is 0 Å². The fourth-order valence-corrected chi connectivity index (χ4v) is 11.7. The molecule has 7 aromatic rings. The van der Waals surface area contributed by atoms with Crippen molar-refractivity contribution in [1.29, 1.82) is 0 Å². The lowest BCUT2D eigenvalue weighted by Gasteiger charge is -2.47. The third-order valence-electron chi connectivity index (χ3n) is 13.4. The molecule has 0 spiro atoms. The second-order valence-electron chi connectivity index (χ2n) is 18.5. The predicted octanol–water partition coefficient (Wildman–Crippen LogP) is 12.9. The fourth-order valence-electron chi connectivity index (χ4n) is 10.3. The van der Waals surface area contributed by atoms with Crippen molar-refractivity contribution in [3.63, 3.8) is 0 Å². The molecule has 4 heteroatoms. The highest BCUT2D eigenvalue weighted by atomic mass is 32.1. The Kier molecular flexibility index (Phi) is 7.72. The van der Waals surface area contributed by atoms with E-state index in [1.54, 1.807) is 0 Å². The SMILES string of the molecule is Cc1cc(C)cc(N2c3cc(C)cc4c3B(c3cc5c(cc3N4c3ccc(-c4ccccc4)cc3C)C(C)(C)CCC5(C)C)c3sc4cc(C)c(C)cc4c32)c1. The Labute approximate surface area is 337 Å². The molecule has 2 aliphatic heterocycles. The van der Waals surface area contributed by atoms with Crippen LogP contribution < -0.4 is 25.5 Å². The molecule has 1 aliphatic carbocycles. The Balaban J connectivity index is 1.34. The minimum Gasteiger partial charge on any atom is -0.311 e. The highest BCUT2D eigenvalue weighted by Gasteiger charge is 2.48. The molecule has 3 heterocycles. The van der Waals surface area contributed by atoms with Crippen LogP contribution in [-0.4, -0.2) is 6.71 Å². The van der Waals surface area contributed by atoms with Crippen molar-refractivity contribution >= 4 is 78.0 Å². The van der Waals surface area contributed by atoms with Gasteiger partial charge in [0, 0.05) is 43.3 Å². The molecule has 0 radical (unpaired) electrons. The van der Waals surface area contributed by atoms with E-state index in [0.717, 1.165) is 0 Å². The highest BCUT2D eigenvalue weighted by Crippen LogP contribution is 2.52. The Morgan fingerprint density at radius 1 is 0.536 bits per heavy atom. The van der Waals surface area contributed by atoms with Crippen LogP contribution in [-0.2, 0) is 10.8 Å². The number of rotatable bonds is 3. The van der Waals surface area contributed by atoms with E-state index >= 15 is 0 Å². The minimum atomic E-state index is 0.0834. The van der Waals surface area contributed by atoms with E-state index in [-0.39, 0.29) is 17.5 Å². The molecule has 2 nitrogen and oxygen atoms in total. The summed E-state index contributed by atoms with van der Waals surface area (Å²) in [6.07, 6.45) is 2.37. The molecule has 278 valence electrons. The molecule has 0 N–H and O–H groups in total. The van der Waals surface area contributed by atoms with Crippen molar-refractivity contribution in [3.8, 4) is 11.1 Å². The minimum absolute atomic E-state index is 0.0834. The number of hydrogen-bond donors (Lipinski definition) is 0. The second-order valence-corrected chi connectivity index (χ2v) is 19.6. The molecule has 0 atom stereocenters. The summed E-state index contributed by atoms with van der Waals surface area (Å²) >= 11 is 2.01. The first-order chi connectivity index (χ1) is 26.7. The molecule has 0 saturated carbocycles. The summed E-state index contributed by atoms with van der Waals surface area (Å²) in [7, 11) is 0. The maximum Gasteiger partial charge on any atom is 0.264 e. The van der Waals surface area contributed by atoms with Gasteiger partial charge in [0.25, 0.3) is 6.71 Å². The number of anilines is 6. The molecule has 0 bridgehead atoms. The van der Waals surface area contributed by atoms with Crippen molar-refractivity contribution < 1.29 is 0 Å². The zero-order valence-electron chi connectivity index (χ0n) is 34.6. The van der Waals surface area contributed by atoms with Crippen LogP contribution in [0.4, 0.5) is 34.1 Å². The van der Waals surface area contributed by atoms with Crippen molar-refractivity contribution in [1.82, 2.24) is 0 Å². The Morgan fingerprint density at radius 2 is 1.16 bits per heavy atom. The van der Waals surface area contributed by atoms with Gasteiger partial charge in [-0.1, -0.05) is 76.2 Å². The summed E-state index contributed by atoms with van der Waals surface area (Å²) in [5, 5.41) is 1.36. The van der Waals surface area contributed by atoms with Crippen molar-refractivity contribution in [3.05, 3.63) is 148 Å². The monoisotopic (exact) mass is 746 g/mol. The van der Waals surface area contributed by atoms with E-state index in [1.807, 2.05) is 11.3 Å². The molecule has 3 aliphatic rings. The van der Waals surface area contributed by atoms with Gasteiger partial charge in [0.2, 0.25) is 0 Å². The zero-order valence-corrected chi connectivity index (χ0v) is 35.4. The number of benzene rings is 6. The van der Waals surface area contributed by atoms with Crippen LogP contribution in [0.3, 0.4) is 0 Å². The van der Waals surface area contributed by atoms with Gasteiger partial charge < -0.3 is 9.80 Å². The molecule has 56 heavy (non-hydrogen) atoms. The van der Waals surface area contributed by atoms with Gasteiger partial charge >= 0.3 is 0 Å². The van der Waals surface area contributed by atoms with Gasteiger partial charge in [-0.25, -0.2) is 0 Å². The predicted molar refractivity (Wildman–Crippen MR) is 245 cm³/mol. The van der Waals surface area contributed by atoms with Crippen LogP contribution in [0.15, 0.2) is 103 Å². The lowest BCUT2D eigenvalue weighted by atomic mass is 9.35. The van der Waals surface area contributed by atoms with Crippen LogP contribution in [0, 0.1) is 41.5 Å². The summed E-state index contributed by atoms with van der Waals surface area (Å²) in [5.41, 5.74) is 24.1. The summed E-state index contributed by atoms with van der Waals surface area (Å²) < 4.78 is 2.82. The summed E-state index contributed by atoms with van der Waals surface area (Å²) in [6, 6.07) is 40.1. The molecule has 0 amide bonds. The average Bonchev–Trinajstić information content (AvgIpc) is 3.50. The third kappa shape index (κ3) is 5.21.